The number of β-amino-alcohol motifs (C(OH)–C–C–N with tert-alkyl or cyclic N) is 1. The molecule has 0 radical (unpaired) electrons. The van der Waals surface area contributed by atoms with E-state index >= 15 is 0 Å². The number of amides is 1. The highest BCUT2D eigenvalue weighted by atomic mass is 19.2. The number of nitrogens with zero attached hydrogens (tertiary/aromatic N) is 1. The highest BCUT2D eigenvalue weighted by molar-refractivity contribution is 5.91. The van der Waals surface area contributed by atoms with Gasteiger partial charge in [0.15, 0.2) is 11.6 Å². The molecule has 1 aliphatic heterocycles. The maximum Gasteiger partial charge on any atom is 0.221 e. The van der Waals surface area contributed by atoms with Crippen LogP contribution < -0.4 is 14.8 Å². The zero-order valence-electron chi connectivity index (χ0n) is 19.4. The Kier molecular flexibility index (Phi) is 7.94. The Morgan fingerprint density at radius 2 is 1.89 bits per heavy atom. The van der Waals surface area contributed by atoms with Gasteiger partial charge in [-0.1, -0.05) is 36.4 Å². The van der Waals surface area contributed by atoms with Gasteiger partial charge in [0.25, 0.3) is 0 Å². The number of carbonyl (C=O) groups is 1. The molecule has 0 aliphatic carbocycles. The van der Waals surface area contributed by atoms with Crippen molar-refractivity contribution in [3.8, 4) is 22.6 Å². The molecule has 3 aromatic rings. The number of hydrogen-bond acceptors (Lipinski definition) is 5. The number of nitrogens with one attached hydrogen (secondary N) is 1. The Bertz CT molecular complexity index is 1160. The Morgan fingerprint density at radius 3 is 2.63 bits per heavy atom. The highest BCUT2D eigenvalue weighted by Gasteiger charge is 2.26. The normalized spacial score (nSPS) is 16.6. The lowest BCUT2D eigenvalue weighted by molar-refractivity contribution is -0.114. The standard InChI is InChI=1S/C27H28F2N2O4/c1-18(32)30-26-13-20(19-5-3-2-4-6-19)7-10-27(26)34-17-21(33)15-31-12-11-23(16-31)35-22-8-9-24(28)25(29)14-22/h2-10,13-14,21,23,33H,11-12,15-17H2,1H3,(H,30,32). The van der Waals surface area contributed by atoms with E-state index in [1.165, 1.54) is 13.0 Å². The first-order chi connectivity index (χ1) is 16.9. The molecule has 2 N–H and O–H groups in total. The molecule has 0 spiro atoms. The first-order valence-corrected chi connectivity index (χ1v) is 11.5. The number of likely N-dealkylation sites (tertiary alicyclic amines) is 1. The SMILES string of the molecule is CC(=O)Nc1cc(-c2ccccc2)ccc1OCC(O)CN1CCC(Oc2ccc(F)c(F)c2)C1. The molecular weight excluding hydrogens is 454 g/mol. The van der Waals surface area contributed by atoms with Crippen LogP contribution in [0.4, 0.5) is 14.5 Å². The summed E-state index contributed by atoms with van der Waals surface area (Å²) in [4.78, 5) is 13.7. The van der Waals surface area contributed by atoms with Crippen molar-refractivity contribution < 1.29 is 28.2 Å². The lowest BCUT2D eigenvalue weighted by Gasteiger charge is -2.21. The molecule has 35 heavy (non-hydrogen) atoms. The molecule has 2 unspecified atom stereocenters. The molecular formula is C27H28F2N2O4. The van der Waals surface area contributed by atoms with Crippen LogP contribution in [0.2, 0.25) is 0 Å². The molecule has 1 amide bonds. The average Bonchev–Trinajstić information content (AvgIpc) is 3.27. The molecule has 1 fully saturated rings. The Balaban J connectivity index is 1.31. The fraction of sp³-hybridized carbons (Fsp3) is 0.296. The van der Waals surface area contributed by atoms with Crippen LogP contribution in [0.25, 0.3) is 11.1 Å². The van der Waals surface area contributed by atoms with Crippen LogP contribution in [0.3, 0.4) is 0 Å². The van der Waals surface area contributed by atoms with Gasteiger partial charge in [0, 0.05) is 32.6 Å². The molecule has 184 valence electrons. The third-order valence-electron chi connectivity index (χ3n) is 5.72. The minimum Gasteiger partial charge on any atom is -0.489 e. The average molecular weight is 483 g/mol. The van der Waals surface area contributed by atoms with Crippen LogP contribution in [0.15, 0.2) is 66.7 Å². The number of benzene rings is 3. The summed E-state index contributed by atoms with van der Waals surface area (Å²) in [5.74, 6) is -1.32. The fourth-order valence-corrected chi connectivity index (χ4v) is 4.09. The summed E-state index contributed by atoms with van der Waals surface area (Å²) in [6.45, 7) is 3.10. The predicted octanol–water partition coefficient (Wildman–Crippen LogP) is 4.48. The summed E-state index contributed by atoms with van der Waals surface area (Å²) in [7, 11) is 0. The number of ether oxygens (including phenoxy) is 2. The second-order valence-electron chi connectivity index (χ2n) is 8.59. The highest BCUT2D eigenvalue weighted by Crippen LogP contribution is 2.31. The van der Waals surface area contributed by atoms with E-state index in [4.69, 9.17) is 9.47 Å². The molecule has 2 atom stereocenters. The van der Waals surface area contributed by atoms with Crippen LogP contribution in [0, 0.1) is 11.6 Å². The van der Waals surface area contributed by atoms with E-state index in [0.29, 0.717) is 37.5 Å². The molecule has 0 aromatic heterocycles. The van der Waals surface area contributed by atoms with E-state index in [1.54, 1.807) is 6.07 Å². The van der Waals surface area contributed by atoms with E-state index in [-0.39, 0.29) is 24.4 Å². The van der Waals surface area contributed by atoms with Crippen molar-refractivity contribution >= 4 is 11.6 Å². The molecule has 1 saturated heterocycles. The molecule has 0 saturated carbocycles. The number of aliphatic hydroxyl groups excluding tert-OH is 1. The van der Waals surface area contributed by atoms with E-state index in [9.17, 15) is 18.7 Å². The van der Waals surface area contributed by atoms with Crippen LogP contribution in [-0.4, -0.2) is 54.4 Å². The summed E-state index contributed by atoms with van der Waals surface area (Å²) in [5, 5.41) is 13.3. The molecule has 3 aromatic carbocycles. The zero-order valence-corrected chi connectivity index (χ0v) is 19.4. The van der Waals surface area contributed by atoms with Crippen molar-refractivity contribution in [1.29, 1.82) is 0 Å². The molecule has 1 heterocycles. The van der Waals surface area contributed by atoms with Crippen molar-refractivity contribution in [2.45, 2.75) is 25.6 Å². The maximum atomic E-state index is 13.4. The number of rotatable bonds is 9. The van der Waals surface area contributed by atoms with E-state index in [2.05, 4.69) is 5.32 Å². The summed E-state index contributed by atoms with van der Waals surface area (Å²) in [6, 6.07) is 18.8. The number of halogens is 2. The number of hydrogen-bond donors (Lipinski definition) is 2. The van der Waals surface area contributed by atoms with Gasteiger partial charge in [-0.2, -0.15) is 0 Å². The van der Waals surface area contributed by atoms with Crippen molar-refractivity contribution in [3.05, 3.63) is 78.4 Å². The third-order valence-corrected chi connectivity index (χ3v) is 5.72. The van der Waals surface area contributed by atoms with Crippen molar-refractivity contribution in [2.75, 3.05) is 31.6 Å². The predicted molar refractivity (Wildman–Crippen MR) is 130 cm³/mol. The monoisotopic (exact) mass is 482 g/mol. The smallest absolute Gasteiger partial charge is 0.221 e. The van der Waals surface area contributed by atoms with Crippen LogP contribution >= 0.6 is 0 Å². The largest absolute Gasteiger partial charge is 0.489 e. The molecule has 1 aliphatic rings. The lowest BCUT2D eigenvalue weighted by Crippen LogP contribution is -2.35. The Morgan fingerprint density at radius 1 is 1.09 bits per heavy atom. The zero-order chi connectivity index (χ0) is 24.8. The third kappa shape index (κ3) is 6.77. The first kappa shape index (κ1) is 24.6. The van der Waals surface area contributed by atoms with Gasteiger partial charge in [-0.3, -0.25) is 9.69 Å². The van der Waals surface area contributed by atoms with Gasteiger partial charge in [0.2, 0.25) is 5.91 Å². The van der Waals surface area contributed by atoms with Crippen molar-refractivity contribution in [3.63, 3.8) is 0 Å². The second kappa shape index (κ2) is 11.3. The van der Waals surface area contributed by atoms with Gasteiger partial charge in [0.05, 0.1) is 5.69 Å². The van der Waals surface area contributed by atoms with Gasteiger partial charge in [-0.05, 0) is 41.8 Å². The van der Waals surface area contributed by atoms with Gasteiger partial charge >= 0.3 is 0 Å². The summed E-state index contributed by atoms with van der Waals surface area (Å²) in [6.07, 6.45) is -0.235. The van der Waals surface area contributed by atoms with Crippen LogP contribution in [0.1, 0.15) is 13.3 Å². The van der Waals surface area contributed by atoms with Gasteiger partial charge in [-0.25, -0.2) is 8.78 Å². The summed E-state index contributed by atoms with van der Waals surface area (Å²) in [5.41, 5.74) is 2.48. The van der Waals surface area contributed by atoms with Gasteiger partial charge in [0.1, 0.15) is 30.3 Å². The van der Waals surface area contributed by atoms with E-state index < -0.39 is 17.7 Å². The molecule has 4 rings (SSSR count). The van der Waals surface area contributed by atoms with Gasteiger partial charge < -0.3 is 19.9 Å². The summed E-state index contributed by atoms with van der Waals surface area (Å²) >= 11 is 0. The minimum absolute atomic E-state index is 0.0441. The molecule has 6 nitrogen and oxygen atoms in total. The minimum atomic E-state index is -0.944. The Hall–Kier alpha value is -3.49. The quantitative estimate of drug-likeness (QED) is 0.471. The fourth-order valence-electron chi connectivity index (χ4n) is 4.09. The lowest BCUT2D eigenvalue weighted by atomic mass is 10.0. The summed E-state index contributed by atoms with van der Waals surface area (Å²) < 4.78 is 38.1. The maximum absolute atomic E-state index is 13.4. The van der Waals surface area contributed by atoms with E-state index in [0.717, 1.165) is 23.3 Å². The Labute approximate surface area is 203 Å². The first-order valence-electron chi connectivity index (χ1n) is 11.5. The number of carbonyl (C=O) groups excluding carboxylic acids is 1. The second-order valence-corrected chi connectivity index (χ2v) is 8.59. The van der Waals surface area contributed by atoms with Gasteiger partial charge in [-0.15, -0.1) is 0 Å². The van der Waals surface area contributed by atoms with E-state index in [1.807, 2.05) is 47.4 Å². The van der Waals surface area contributed by atoms with Crippen molar-refractivity contribution in [2.24, 2.45) is 0 Å². The molecule has 0 bridgehead atoms. The number of aliphatic hydroxyl groups is 1. The van der Waals surface area contributed by atoms with Crippen LogP contribution in [-0.2, 0) is 4.79 Å². The molecule has 8 heteroatoms. The van der Waals surface area contributed by atoms with Crippen molar-refractivity contribution in [1.82, 2.24) is 4.90 Å². The van der Waals surface area contributed by atoms with Crippen LogP contribution in [0.5, 0.6) is 11.5 Å². The number of anilines is 1. The topological polar surface area (TPSA) is 71.0 Å².